The number of ether oxygens (including phenoxy) is 1. The number of carbonyl (C=O) groups excluding carboxylic acids is 1. The quantitative estimate of drug-likeness (QED) is 0.848. The number of carbonyl (C=O) groups is 1. The minimum absolute atomic E-state index is 0.0453. The molecule has 2 aromatic rings. The molecule has 20 heavy (non-hydrogen) atoms. The monoisotopic (exact) mass is 299 g/mol. The number of rotatable bonds is 4. The molecule has 0 amide bonds. The minimum Gasteiger partial charge on any atom is -0.465 e. The van der Waals surface area contributed by atoms with Crippen LogP contribution in [0.5, 0.6) is 0 Å². The van der Waals surface area contributed by atoms with Crippen molar-refractivity contribution in [3.63, 3.8) is 0 Å². The fourth-order valence-corrected chi connectivity index (χ4v) is 2.26. The summed E-state index contributed by atoms with van der Waals surface area (Å²) in [5.41, 5.74) is 5.94. The van der Waals surface area contributed by atoms with Crippen LogP contribution in [0.25, 0.3) is 0 Å². The largest absolute Gasteiger partial charge is 0.465 e. The first kappa shape index (κ1) is 14.2. The average Bonchev–Trinajstić information content (AvgIpc) is 2.78. The fraction of sp³-hybridized carbons (Fsp3) is 0.167. The van der Waals surface area contributed by atoms with Gasteiger partial charge in [-0.3, -0.25) is 0 Å². The molecule has 2 rings (SSSR count). The lowest BCUT2D eigenvalue weighted by Gasteiger charge is -2.07. The Balaban J connectivity index is 2.17. The Kier molecular flexibility index (Phi) is 4.14. The van der Waals surface area contributed by atoms with Crippen LogP contribution in [0.3, 0.4) is 0 Å². The number of nitrogens with zero attached hydrogens (tertiary/aromatic N) is 1. The third kappa shape index (κ3) is 2.85. The highest BCUT2D eigenvalue weighted by Crippen LogP contribution is 2.28. The van der Waals surface area contributed by atoms with Crippen LogP contribution < -0.4 is 11.1 Å². The molecule has 0 spiro atoms. The molecule has 0 unspecified atom stereocenters. The van der Waals surface area contributed by atoms with Crippen LogP contribution >= 0.6 is 11.5 Å². The zero-order valence-corrected chi connectivity index (χ0v) is 11.3. The van der Waals surface area contributed by atoms with Gasteiger partial charge in [-0.15, -0.1) is 0 Å². The lowest BCUT2D eigenvalue weighted by atomic mass is 10.2. The Morgan fingerprint density at radius 2 is 2.25 bits per heavy atom. The first-order chi connectivity index (χ1) is 9.52. The Bertz CT molecular complexity index is 646. The van der Waals surface area contributed by atoms with Crippen molar-refractivity contribution in [3.05, 3.63) is 41.0 Å². The third-order valence-corrected chi connectivity index (χ3v) is 3.38. The standard InChI is InChI=1S/C12H11F2N3O2S/c1-19-12(18)9-10(15)17-20-11(9)16-5-6-2-3-7(13)4-8(6)14/h2-4,16H,5H2,1H3,(H2,15,17). The van der Waals surface area contributed by atoms with Crippen LogP contribution in [-0.2, 0) is 11.3 Å². The molecule has 0 atom stereocenters. The molecular formula is C12H11F2N3O2S. The molecule has 0 fully saturated rings. The highest BCUT2D eigenvalue weighted by molar-refractivity contribution is 7.11. The summed E-state index contributed by atoms with van der Waals surface area (Å²) in [5, 5.41) is 3.21. The van der Waals surface area contributed by atoms with E-state index in [2.05, 4.69) is 14.4 Å². The van der Waals surface area contributed by atoms with E-state index >= 15 is 0 Å². The molecule has 1 heterocycles. The van der Waals surface area contributed by atoms with Gasteiger partial charge < -0.3 is 15.8 Å². The van der Waals surface area contributed by atoms with E-state index in [0.29, 0.717) is 5.00 Å². The van der Waals surface area contributed by atoms with E-state index in [0.717, 1.165) is 23.7 Å². The van der Waals surface area contributed by atoms with Crippen molar-refractivity contribution in [3.8, 4) is 0 Å². The Morgan fingerprint density at radius 3 is 2.90 bits per heavy atom. The maximum Gasteiger partial charge on any atom is 0.344 e. The molecule has 0 radical (unpaired) electrons. The van der Waals surface area contributed by atoms with Gasteiger partial charge >= 0.3 is 5.97 Å². The van der Waals surface area contributed by atoms with E-state index < -0.39 is 17.6 Å². The number of anilines is 2. The van der Waals surface area contributed by atoms with Crippen molar-refractivity contribution < 1.29 is 18.3 Å². The Morgan fingerprint density at radius 1 is 1.50 bits per heavy atom. The lowest BCUT2D eigenvalue weighted by Crippen LogP contribution is -2.08. The van der Waals surface area contributed by atoms with Crippen molar-refractivity contribution in [1.29, 1.82) is 0 Å². The smallest absolute Gasteiger partial charge is 0.344 e. The van der Waals surface area contributed by atoms with Gasteiger partial charge in [0.1, 0.15) is 22.2 Å². The summed E-state index contributed by atoms with van der Waals surface area (Å²) in [6.07, 6.45) is 0. The molecular weight excluding hydrogens is 288 g/mol. The fourth-order valence-electron chi connectivity index (χ4n) is 1.56. The number of aromatic nitrogens is 1. The third-order valence-electron chi connectivity index (χ3n) is 2.56. The number of benzene rings is 1. The normalized spacial score (nSPS) is 10.3. The number of hydrogen-bond acceptors (Lipinski definition) is 6. The molecule has 1 aromatic heterocycles. The zero-order chi connectivity index (χ0) is 14.7. The molecule has 0 saturated heterocycles. The van der Waals surface area contributed by atoms with Crippen molar-refractivity contribution >= 4 is 28.3 Å². The first-order valence-corrected chi connectivity index (χ1v) is 6.31. The van der Waals surface area contributed by atoms with E-state index in [1.807, 2.05) is 0 Å². The van der Waals surface area contributed by atoms with Gasteiger partial charge in [-0.1, -0.05) is 6.07 Å². The second-order valence-corrected chi connectivity index (χ2v) is 4.63. The van der Waals surface area contributed by atoms with Gasteiger partial charge in [-0.05, 0) is 17.6 Å². The van der Waals surface area contributed by atoms with Gasteiger partial charge in [-0.25, -0.2) is 13.6 Å². The SMILES string of the molecule is COC(=O)c1c(N)nsc1NCc1ccc(F)cc1F. The van der Waals surface area contributed by atoms with Gasteiger partial charge in [0.05, 0.1) is 7.11 Å². The van der Waals surface area contributed by atoms with Crippen molar-refractivity contribution in [2.24, 2.45) is 0 Å². The number of nitrogens with two attached hydrogens (primary N) is 1. The molecule has 1 aromatic carbocycles. The topological polar surface area (TPSA) is 77.2 Å². The highest BCUT2D eigenvalue weighted by Gasteiger charge is 2.20. The number of halogens is 2. The summed E-state index contributed by atoms with van der Waals surface area (Å²) in [5.74, 6) is -1.90. The number of methoxy groups -OCH3 is 1. The second kappa shape index (κ2) is 5.83. The molecule has 3 N–H and O–H groups in total. The summed E-state index contributed by atoms with van der Waals surface area (Å²) in [6.45, 7) is 0.0672. The van der Waals surface area contributed by atoms with Crippen LogP contribution in [0, 0.1) is 11.6 Å². The predicted octanol–water partition coefficient (Wildman–Crippen LogP) is 2.40. The molecule has 5 nitrogen and oxygen atoms in total. The molecule has 0 aliphatic carbocycles. The Labute approximate surface area is 117 Å². The number of nitrogens with one attached hydrogen (secondary N) is 1. The van der Waals surface area contributed by atoms with Gasteiger partial charge in [-0.2, -0.15) is 4.37 Å². The van der Waals surface area contributed by atoms with Crippen molar-refractivity contribution in [1.82, 2.24) is 4.37 Å². The van der Waals surface area contributed by atoms with Gasteiger partial charge in [0.25, 0.3) is 0 Å². The van der Waals surface area contributed by atoms with Gasteiger partial charge in [0.2, 0.25) is 0 Å². The van der Waals surface area contributed by atoms with E-state index in [-0.39, 0.29) is 23.5 Å². The number of nitrogen functional groups attached to an aromatic ring is 1. The summed E-state index contributed by atoms with van der Waals surface area (Å²) in [4.78, 5) is 11.5. The molecule has 106 valence electrons. The van der Waals surface area contributed by atoms with Crippen molar-refractivity contribution in [2.75, 3.05) is 18.2 Å². The average molecular weight is 299 g/mol. The first-order valence-electron chi connectivity index (χ1n) is 5.54. The van der Waals surface area contributed by atoms with Crippen LogP contribution in [0.1, 0.15) is 15.9 Å². The summed E-state index contributed by atoms with van der Waals surface area (Å²) >= 11 is 0.965. The summed E-state index contributed by atoms with van der Waals surface area (Å²) < 4.78 is 34.7. The second-order valence-electron chi connectivity index (χ2n) is 3.85. The van der Waals surface area contributed by atoms with Crippen LogP contribution in [0.4, 0.5) is 19.6 Å². The van der Waals surface area contributed by atoms with E-state index in [1.54, 1.807) is 0 Å². The molecule has 0 aliphatic heterocycles. The number of hydrogen-bond donors (Lipinski definition) is 2. The van der Waals surface area contributed by atoms with E-state index in [9.17, 15) is 13.6 Å². The van der Waals surface area contributed by atoms with Gasteiger partial charge in [0.15, 0.2) is 5.82 Å². The summed E-state index contributed by atoms with van der Waals surface area (Å²) in [6, 6.07) is 3.27. The van der Waals surface area contributed by atoms with Gasteiger partial charge in [0, 0.05) is 18.2 Å². The molecule has 0 bridgehead atoms. The molecule has 8 heteroatoms. The highest BCUT2D eigenvalue weighted by atomic mass is 32.1. The molecule has 0 saturated carbocycles. The van der Waals surface area contributed by atoms with Crippen LogP contribution in [0.15, 0.2) is 18.2 Å². The van der Waals surface area contributed by atoms with Crippen LogP contribution in [0.2, 0.25) is 0 Å². The maximum absolute atomic E-state index is 13.5. The Hall–Kier alpha value is -2.22. The van der Waals surface area contributed by atoms with Crippen molar-refractivity contribution in [2.45, 2.75) is 6.54 Å². The molecule has 0 aliphatic rings. The maximum atomic E-state index is 13.5. The van der Waals surface area contributed by atoms with E-state index in [4.69, 9.17) is 5.73 Å². The predicted molar refractivity (Wildman–Crippen MR) is 71.6 cm³/mol. The number of esters is 1. The lowest BCUT2D eigenvalue weighted by molar-refractivity contribution is 0.0603. The summed E-state index contributed by atoms with van der Waals surface area (Å²) in [7, 11) is 1.23. The van der Waals surface area contributed by atoms with E-state index in [1.165, 1.54) is 13.2 Å². The minimum atomic E-state index is -0.672. The zero-order valence-electron chi connectivity index (χ0n) is 10.4. The van der Waals surface area contributed by atoms with Crippen LogP contribution in [-0.4, -0.2) is 17.5 Å².